The number of carbonyl (C=O) groups excluding carboxylic acids is 1. The standard InChI is InChI=1S/C17H25N3O2/c21-17(18-8-9-20-10-12-22-13-11-20)19-16-7-3-5-14-4-1-2-6-15(14)16/h3,5,7H,1-2,4,6,8-13H2,(H2,18,19,21). The Labute approximate surface area is 132 Å². The van der Waals surface area contributed by atoms with Gasteiger partial charge < -0.3 is 15.4 Å². The Morgan fingerprint density at radius 3 is 2.86 bits per heavy atom. The molecule has 0 atom stereocenters. The van der Waals surface area contributed by atoms with E-state index in [1.165, 1.54) is 24.0 Å². The van der Waals surface area contributed by atoms with Gasteiger partial charge in [0.05, 0.1) is 13.2 Å². The number of ether oxygens (including phenoxy) is 1. The summed E-state index contributed by atoms with van der Waals surface area (Å²) in [6.45, 7) is 5.04. The lowest BCUT2D eigenvalue weighted by molar-refractivity contribution is 0.0388. The minimum Gasteiger partial charge on any atom is -0.379 e. The normalized spacial score (nSPS) is 18.5. The van der Waals surface area contributed by atoms with Gasteiger partial charge in [-0.05, 0) is 42.9 Å². The Bertz CT molecular complexity index is 513. The highest BCUT2D eigenvalue weighted by atomic mass is 16.5. The fraction of sp³-hybridized carbons (Fsp3) is 0.588. The maximum absolute atomic E-state index is 12.1. The van der Waals surface area contributed by atoms with Crippen molar-refractivity contribution in [3.63, 3.8) is 0 Å². The second-order valence-electron chi connectivity index (χ2n) is 5.99. The Morgan fingerprint density at radius 1 is 1.18 bits per heavy atom. The zero-order valence-corrected chi connectivity index (χ0v) is 13.1. The minimum absolute atomic E-state index is 0.104. The average Bonchev–Trinajstić information content (AvgIpc) is 2.56. The molecule has 0 bridgehead atoms. The Hall–Kier alpha value is -1.59. The molecule has 5 heteroatoms. The molecule has 22 heavy (non-hydrogen) atoms. The molecule has 1 aromatic carbocycles. The van der Waals surface area contributed by atoms with Crippen LogP contribution in [-0.4, -0.2) is 50.3 Å². The van der Waals surface area contributed by atoms with Gasteiger partial charge >= 0.3 is 6.03 Å². The monoisotopic (exact) mass is 303 g/mol. The quantitative estimate of drug-likeness (QED) is 0.895. The van der Waals surface area contributed by atoms with Crippen molar-refractivity contribution in [1.82, 2.24) is 10.2 Å². The number of carbonyl (C=O) groups is 1. The van der Waals surface area contributed by atoms with E-state index in [4.69, 9.17) is 4.74 Å². The predicted molar refractivity (Wildman–Crippen MR) is 87.4 cm³/mol. The van der Waals surface area contributed by atoms with Gasteiger partial charge in [-0.1, -0.05) is 12.1 Å². The molecule has 0 aromatic heterocycles. The number of aryl methyl sites for hydroxylation is 1. The highest BCUT2D eigenvalue weighted by Crippen LogP contribution is 2.27. The number of amides is 2. The molecule has 3 rings (SSSR count). The second-order valence-corrected chi connectivity index (χ2v) is 5.99. The van der Waals surface area contributed by atoms with Crippen molar-refractivity contribution in [3.05, 3.63) is 29.3 Å². The molecule has 2 amide bonds. The first-order valence-corrected chi connectivity index (χ1v) is 8.28. The van der Waals surface area contributed by atoms with Gasteiger partial charge in [0.1, 0.15) is 0 Å². The number of fused-ring (bicyclic) bond motifs is 1. The van der Waals surface area contributed by atoms with Crippen molar-refractivity contribution in [2.24, 2.45) is 0 Å². The SMILES string of the molecule is O=C(NCCN1CCOCC1)Nc1cccc2c1CCCC2. The summed E-state index contributed by atoms with van der Waals surface area (Å²) in [6, 6.07) is 6.11. The third-order valence-electron chi connectivity index (χ3n) is 4.46. The Kier molecular flexibility index (Phi) is 5.29. The second kappa shape index (κ2) is 7.61. The molecule has 2 N–H and O–H groups in total. The lowest BCUT2D eigenvalue weighted by atomic mass is 9.90. The molecule has 0 saturated carbocycles. The van der Waals surface area contributed by atoms with E-state index >= 15 is 0 Å². The zero-order valence-electron chi connectivity index (χ0n) is 13.1. The Balaban J connectivity index is 1.47. The number of urea groups is 1. The summed E-state index contributed by atoms with van der Waals surface area (Å²) in [5.74, 6) is 0. The molecule has 1 aliphatic heterocycles. The maximum Gasteiger partial charge on any atom is 0.319 e. The van der Waals surface area contributed by atoms with Gasteiger partial charge in [-0.25, -0.2) is 4.79 Å². The van der Waals surface area contributed by atoms with Crippen LogP contribution in [0.3, 0.4) is 0 Å². The molecule has 5 nitrogen and oxygen atoms in total. The van der Waals surface area contributed by atoms with Crippen LogP contribution >= 0.6 is 0 Å². The van der Waals surface area contributed by atoms with Crippen LogP contribution in [0.2, 0.25) is 0 Å². The number of morpholine rings is 1. The van der Waals surface area contributed by atoms with Crippen LogP contribution in [0.25, 0.3) is 0 Å². The average molecular weight is 303 g/mol. The van der Waals surface area contributed by atoms with Crippen LogP contribution in [0.5, 0.6) is 0 Å². The van der Waals surface area contributed by atoms with Gasteiger partial charge in [-0.15, -0.1) is 0 Å². The first-order chi connectivity index (χ1) is 10.8. The van der Waals surface area contributed by atoms with Crippen molar-refractivity contribution >= 4 is 11.7 Å². The lowest BCUT2D eigenvalue weighted by Gasteiger charge is -2.26. The summed E-state index contributed by atoms with van der Waals surface area (Å²) in [6.07, 6.45) is 4.66. The zero-order chi connectivity index (χ0) is 15.2. The van der Waals surface area contributed by atoms with Crippen LogP contribution in [0.4, 0.5) is 10.5 Å². The summed E-state index contributed by atoms with van der Waals surface area (Å²) in [5, 5.41) is 5.97. The van der Waals surface area contributed by atoms with Crippen LogP contribution in [-0.2, 0) is 17.6 Å². The maximum atomic E-state index is 12.1. The summed E-state index contributed by atoms with van der Waals surface area (Å²) in [5.41, 5.74) is 3.68. The van der Waals surface area contributed by atoms with Crippen molar-refractivity contribution in [2.75, 3.05) is 44.7 Å². The van der Waals surface area contributed by atoms with E-state index in [9.17, 15) is 4.79 Å². The largest absolute Gasteiger partial charge is 0.379 e. The molecule has 1 saturated heterocycles. The highest BCUT2D eigenvalue weighted by molar-refractivity contribution is 5.90. The smallest absolute Gasteiger partial charge is 0.319 e. The molecule has 0 radical (unpaired) electrons. The number of hydrogen-bond acceptors (Lipinski definition) is 3. The van der Waals surface area contributed by atoms with Gasteiger partial charge in [-0.2, -0.15) is 0 Å². The van der Waals surface area contributed by atoms with Gasteiger partial charge in [0, 0.05) is 31.9 Å². The molecule has 1 aliphatic carbocycles. The van der Waals surface area contributed by atoms with E-state index in [0.717, 1.165) is 51.4 Å². The van der Waals surface area contributed by atoms with Gasteiger partial charge in [0.15, 0.2) is 0 Å². The van der Waals surface area contributed by atoms with Crippen LogP contribution < -0.4 is 10.6 Å². The first-order valence-electron chi connectivity index (χ1n) is 8.28. The van der Waals surface area contributed by atoms with E-state index in [1.54, 1.807) is 0 Å². The van der Waals surface area contributed by atoms with Crippen molar-refractivity contribution < 1.29 is 9.53 Å². The third kappa shape index (κ3) is 3.99. The number of rotatable bonds is 4. The molecule has 1 fully saturated rings. The lowest BCUT2D eigenvalue weighted by Crippen LogP contribution is -2.42. The summed E-state index contributed by atoms with van der Waals surface area (Å²) >= 11 is 0. The van der Waals surface area contributed by atoms with Gasteiger partial charge in [0.25, 0.3) is 0 Å². The van der Waals surface area contributed by atoms with E-state index in [1.807, 2.05) is 12.1 Å². The highest BCUT2D eigenvalue weighted by Gasteiger charge is 2.14. The van der Waals surface area contributed by atoms with Crippen molar-refractivity contribution in [1.29, 1.82) is 0 Å². The van der Waals surface area contributed by atoms with E-state index in [0.29, 0.717) is 6.54 Å². The number of anilines is 1. The molecular formula is C17H25N3O2. The number of nitrogens with zero attached hydrogens (tertiary/aromatic N) is 1. The van der Waals surface area contributed by atoms with Crippen molar-refractivity contribution in [2.45, 2.75) is 25.7 Å². The molecule has 1 aromatic rings. The fourth-order valence-electron chi connectivity index (χ4n) is 3.22. The molecule has 0 unspecified atom stereocenters. The van der Waals surface area contributed by atoms with Gasteiger partial charge in [-0.3, -0.25) is 4.90 Å². The first kappa shape index (κ1) is 15.3. The Morgan fingerprint density at radius 2 is 2.00 bits per heavy atom. The minimum atomic E-state index is -0.104. The third-order valence-corrected chi connectivity index (χ3v) is 4.46. The molecular weight excluding hydrogens is 278 g/mol. The van der Waals surface area contributed by atoms with E-state index in [-0.39, 0.29) is 6.03 Å². The van der Waals surface area contributed by atoms with Crippen LogP contribution in [0.1, 0.15) is 24.0 Å². The molecule has 1 heterocycles. The topological polar surface area (TPSA) is 53.6 Å². The van der Waals surface area contributed by atoms with E-state index < -0.39 is 0 Å². The summed E-state index contributed by atoms with van der Waals surface area (Å²) in [4.78, 5) is 14.4. The number of hydrogen-bond donors (Lipinski definition) is 2. The summed E-state index contributed by atoms with van der Waals surface area (Å²) in [7, 11) is 0. The molecule has 0 spiro atoms. The van der Waals surface area contributed by atoms with E-state index in [2.05, 4.69) is 21.6 Å². The fourth-order valence-corrected chi connectivity index (χ4v) is 3.22. The molecule has 120 valence electrons. The van der Waals surface area contributed by atoms with Gasteiger partial charge in [0.2, 0.25) is 0 Å². The number of benzene rings is 1. The summed E-state index contributed by atoms with van der Waals surface area (Å²) < 4.78 is 5.32. The predicted octanol–water partition coefficient (Wildman–Crippen LogP) is 2.02. The van der Waals surface area contributed by atoms with Crippen LogP contribution in [0.15, 0.2) is 18.2 Å². The van der Waals surface area contributed by atoms with Crippen LogP contribution in [0, 0.1) is 0 Å². The molecule has 2 aliphatic rings. The number of nitrogens with one attached hydrogen (secondary N) is 2. The van der Waals surface area contributed by atoms with Crippen molar-refractivity contribution in [3.8, 4) is 0 Å².